The SMILES string of the molecule is CCc1nc2cc(NC(=O)c3cc(C)c(Br)s3)ccc2o1. The van der Waals surface area contributed by atoms with Crippen LogP contribution in [0, 0.1) is 6.92 Å². The topological polar surface area (TPSA) is 55.1 Å². The van der Waals surface area contributed by atoms with E-state index in [1.165, 1.54) is 11.3 Å². The summed E-state index contributed by atoms with van der Waals surface area (Å²) < 4.78 is 6.53. The molecule has 0 unspecified atom stereocenters. The Labute approximate surface area is 134 Å². The van der Waals surface area contributed by atoms with E-state index in [1.54, 1.807) is 0 Å². The van der Waals surface area contributed by atoms with E-state index in [4.69, 9.17) is 4.42 Å². The van der Waals surface area contributed by atoms with E-state index >= 15 is 0 Å². The molecule has 2 heterocycles. The van der Waals surface area contributed by atoms with Gasteiger partial charge in [0, 0.05) is 12.1 Å². The van der Waals surface area contributed by atoms with Crippen LogP contribution < -0.4 is 5.32 Å². The average molecular weight is 365 g/mol. The number of halogens is 1. The molecule has 0 saturated heterocycles. The van der Waals surface area contributed by atoms with Crippen LogP contribution in [0.1, 0.15) is 28.0 Å². The molecule has 21 heavy (non-hydrogen) atoms. The number of thiophene rings is 1. The minimum atomic E-state index is -0.118. The maximum Gasteiger partial charge on any atom is 0.265 e. The number of hydrogen-bond donors (Lipinski definition) is 1. The van der Waals surface area contributed by atoms with Gasteiger partial charge in [-0.25, -0.2) is 4.98 Å². The predicted molar refractivity (Wildman–Crippen MR) is 88.1 cm³/mol. The molecule has 3 rings (SSSR count). The van der Waals surface area contributed by atoms with Crippen LogP contribution >= 0.6 is 27.3 Å². The number of fused-ring (bicyclic) bond motifs is 1. The smallest absolute Gasteiger partial charge is 0.265 e. The van der Waals surface area contributed by atoms with E-state index in [2.05, 4.69) is 26.2 Å². The lowest BCUT2D eigenvalue weighted by Crippen LogP contribution is -2.09. The highest BCUT2D eigenvalue weighted by atomic mass is 79.9. The Kier molecular flexibility index (Phi) is 3.82. The number of aryl methyl sites for hydroxylation is 2. The molecule has 1 amide bonds. The molecule has 0 atom stereocenters. The largest absolute Gasteiger partial charge is 0.441 e. The van der Waals surface area contributed by atoms with Crippen molar-refractivity contribution in [2.24, 2.45) is 0 Å². The second-order valence-electron chi connectivity index (χ2n) is 4.67. The van der Waals surface area contributed by atoms with Crippen molar-refractivity contribution < 1.29 is 9.21 Å². The van der Waals surface area contributed by atoms with E-state index in [1.807, 2.05) is 38.1 Å². The Morgan fingerprint density at radius 1 is 1.43 bits per heavy atom. The Balaban J connectivity index is 1.85. The van der Waals surface area contributed by atoms with Gasteiger partial charge in [0.2, 0.25) is 0 Å². The van der Waals surface area contributed by atoms with Gasteiger partial charge >= 0.3 is 0 Å². The van der Waals surface area contributed by atoms with Crippen LogP contribution in [-0.4, -0.2) is 10.9 Å². The minimum absolute atomic E-state index is 0.118. The predicted octanol–water partition coefficient (Wildman–Crippen LogP) is 4.77. The normalized spacial score (nSPS) is 11.0. The Hall–Kier alpha value is -1.66. The summed E-state index contributed by atoms with van der Waals surface area (Å²) in [7, 11) is 0. The molecule has 108 valence electrons. The molecule has 0 spiro atoms. The van der Waals surface area contributed by atoms with Crippen molar-refractivity contribution in [2.45, 2.75) is 20.3 Å². The van der Waals surface area contributed by atoms with Gasteiger partial charge in [-0.2, -0.15) is 0 Å². The summed E-state index contributed by atoms with van der Waals surface area (Å²) in [5, 5.41) is 2.89. The fourth-order valence-electron chi connectivity index (χ4n) is 1.97. The minimum Gasteiger partial charge on any atom is -0.441 e. The van der Waals surface area contributed by atoms with Crippen molar-refractivity contribution >= 4 is 50.0 Å². The van der Waals surface area contributed by atoms with Gasteiger partial charge in [0.25, 0.3) is 5.91 Å². The van der Waals surface area contributed by atoms with Gasteiger partial charge in [0.15, 0.2) is 11.5 Å². The van der Waals surface area contributed by atoms with Gasteiger partial charge < -0.3 is 9.73 Å². The molecule has 0 bridgehead atoms. The lowest BCUT2D eigenvalue weighted by Gasteiger charge is -2.02. The van der Waals surface area contributed by atoms with Gasteiger partial charge in [0.05, 0.1) is 8.66 Å². The van der Waals surface area contributed by atoms with E-state index < -0.39 is 0 Å². The number of aromatic nitrogens is 1. The zero-order valence-electron chi connectivity index (χ0n) is 11.6. The van der Waals surface area contributed by atoms with E-state index in [-0.39, 0.29) is 5.91 Å². The lowest BCUT2D eigenvalue weighted by atomic mass is 10.2. The fraction of sp³-hybridized carbons (Fsp3) is 0.200. The summed E-state index contributed by atoms with van der Waals surface area (Å²) in [6, 6.07) is 7.34. The highest BCUT2D eigenvalue weighted by molar-refractivity contribution is 9.11. The third-order valence-corrected chi connectivity index (χ3v) is 5.21. The third-order valence-electron chi connectivity index (χ3n) is 3.07. The zero-order valence-corrected chi connectivity index (χ0v) is 14.0. The lowest BCUT2D eigenvalue weighted by molar-refractivity contribution is 0.103. The molecule has 0 fully saturated rings. The summed E-state index contributed by atoms with van der Waals surface area (Å²) in [5.74, 6) is 0.582. The van der Waals surface area contributed by atoms with Crippen LogP contribution in [0.25, 0.3) is 11.1 Å². The van der Waals surface area contributed by atoms with Gasteiger partial charge in [-0.1, -0.05) is 6.92 Å². The number of rotatable bonds is 3. The summed E-state index contributed by atoms with van der Waals surface area (Å²) in [6.07, 6.45) is 0.749. The van der Waals surface area contributed by atoms with Crippen molar-refractivity contribution in [1.82, 2.24) is 4.98 Å². The molecular formula is C15H13BrN2O2S. The van der Waals surface area contributed by atoms with Crippen LogP contribution in [0.5, 0.6) is 0 Å². The molecule has 4 nitrogen and oxygen atoms in total. The van der Waals surface area contributed by atoms with E-state index in [0.717, 1.165) is 26.9 Å². The average Bonchev–Trinajstić information content (AvgIpc) is 3.02. The van der Waals surface area contributed by atoms with Crippen molar-refractivity contribution in [3.63, 3.8) is 0 Å². The Bertz CT molecular complexity index is 803. The molecule has 1 aromatic carbocycles. The molecule has 0 saturated carbocycles. The molecule has 0 aliphatic rings. The number of carbonyl (C=O) groups excluding carboxylic acids is 1. The molecule has 0 aliphatic carbocycles. The van der Waals surface area contributed by atoms with Gasteiger partial charge in [-0.05, 0) is 52.7 Å². The monoisotopic (exact) mass is 364 g/mol. The number of carbonyl (C=O) groups is 1. The number of nitrogens with zero attached hydrogens (tertiary/aromatic N) is 1. The maximum atomic E-state index is 12.2. The standard InChI is InChI=1S/C15H13BrN2O2S/c1-3-13-18-10-7-9(4-5-11(10)20-13)17-15(19)12-6-8(2)14(16)21-12/h4-7H,3H2,1-2H3,(H,17,19). The zero-order chi connectivity index (χ0) is 15.0. The summed E-state index contributed by atoms with van der Waals surface area (Å²) >= 11 is 4.85. The Morgan fingerprint density at radius 2 is 2.24 bits per heavy atom. The van der Waals surface area contributed by atoms with Gasteiger partial charge in [-0.3, -0.25) is 4.79 Å². The van der Waals surface area contributed by atoms with E-state index in [0.29, 0.717) is 16.5 Å². The number of nitrogens with one attached hydrogen (secondary N) is 1. The Morgan fingerprint density at radius 3 is 2.90 bits per heavy atom. The van der Waals surface area contributed by atoms with Crippen LogP contribution in [0.3, 0.4) is 0 Å². The van der Waals surface area contributed by atoms with Crippen molar-refractivity contribution in [1.29, 1.82) is 0 Å². The number of amides is 1. The number of anilines is 1. The number of hydrogen-bond acceptors (Lipinski definition) is 4. The maximum absolute atomic E-state index is 12.2. The molecule has 3 aromatic rings. The summed E-state index contributed by atoms with van der Waals surface area (Å²) in [6.45, 7) is 3.95. The first-order valence-corrected chi connectivity index (χ1v) is 8.14. The summed E-state index contributed by atoms with van der Waals surface area (Å²) in [4.78, 5) is 17.3. The molecule has 0 aliphatic heterocycles. The molecule has 2 aromatic heterocycles. The van der Waals surface area contributed by atoms with Crippen LogP contribution in [0.4, 0.5) is 5.69 Å². The molecular weight excluding hydrogens is 352 g/mol. The number of oxazole rings is 1. The fourth-order valence-corrected chi connectivity index (χ4v) is 3.40. The third kappa shape index (κ3) is 2.87. The van der Waals surface area contributed by atoms with Gasteiger partial charge in [-0.15, -0.1) is 11.3 Å². The van der Waals surface area contributed by atoms with Crippen LogP contribution in [-0.2, 0) is 6.42 Å². The molecule has 1 N–H and O–H groups in total. The quantitative estimate of drug-likeness (QED) is 0.727. The van der Waals surface area contributed by atoms with Gasteiger partial charge in [0.1, 0.15) is 5.52 Å². The first kappa shape index (κ1) is 14.3. The highest BCUT2D eigenvalue weighted by Crippen LogP contribution is 2.28. The molecule has 6 heteroatoms. The van der Waals surface area contributed by atoms with Crippen LogP contribution in [0.2, 0.25) is 0 Å². The second-order valence-corrected chi connectivity index (χ2v) is 7.04. The first-order valence-electron chi connectivity index (χ1n) is 6.53. The summed E-state index contributed by atoms with van der Waals surface area (Å²) in [5.41, 5.74) is 3.27. The van der Waals surface area contributed by atoms with Crippen molar-refractivity contribution in [2.75, 3.05) is 5.32 Å². The second kappa shape index (κ2) is 5.61. The molecule has 0 radical (unpaired) electrons. The number of benzene rings is 1. The van der Waals surface area contributed by atoms with Crippen molar-refractivity contribution in [3.05, 3.63) is 44.4 Å². The van der Waals surface area contributed by atoms with E-state index in [9.17, 15) is 4.79 Å². The van der Waals surface area contributed by atoms with Crippen LogP contribution in [0.15, 0.2) is 32.5 Å². The van der Waals surface area contributed by atoms with Crippen molar-refractivity contribution in [3.8, 4) is 0 Å². The highest BCUT2D eigenvalue weighted by Gasteiger charge is 2.12. The first-order chi connectivity index (χ1) is 10.1.